The molecule has 126 valence electrons. The lowest BCUT2D eigenvalue weighted by Gasteiger charge is -2.12. The molecule has 0 aliphatic carbocycles. The van der Waals surface area contributed by atoms with Gasteiger partial charge in [-0.15, -0.1) is 5.10 Å². The third-order valence-electron chi connectivity index (χ3n) is 3.43. The van der Waals surface area contributed by atoms with Crippen molar-refractivity contribution in [1.82, 2.24) is 30.2 Å². The van der Waals surface area contributed by atoms with Gasteiger partial charge >= 0.3 is 0 Å². The third kappa shape index (κ3) is 3.16. The number of rotatable bonds is 5. The van der Waals surface area contributed by atoms with Crippen LogP contribution in [0.3, 0.4) is 0 Å². The van der Waals surface area contributed by atoms with Gasteiger partial charge in [-0.2, -0.15) is 14.9 Å². The Labute approximate surface area is 143 Å². The van der Waals surface area contributed by atoms with Gasteiger partial charge in [0.25, 0.3) is 0 Å². The number of hydrogen-bond acceptors (Lipinski definition) is 9. The van der Waals surface area contributed by atoms with E-state index >= 15 is 0 Å². The number of anilines is 3. The lowest BCUT2D eigenvalue weighted by molar-refractivity contribution is 0.411. The molecule has 0 atom stereocenters. The van der Waals surface area contributed by atoms with Gasteiger partial charge in [0.2, 0.25) is 5.95 Å². The van der Waals surface area contributed by atoms with Crippen molar-refractivity contribution in [3.05, 3.63) is 35.8 Å². The molecule has 2 N–H and O–H groups in total. The minimum absolute atomic E-state index is 0.355. The van der Waals surface area contributed by atoms with Gasteiger partial charge in [-0.05, 0) is 35.5 Å². The SMILES string of the molecule is CNc1nc(Nc2ccc(OC)c(-n3nnnc3C)c2)ncc1C#N. The first-order valence-corrected chi connectivity index (χ1v) is 7.31. The molecule has 0 unspecified atom stereocenters. The first-order chi connectivity index (χ1) is 12.2. The molecule has 0 aliphatic heterocycles. The van der Waals surface area contributed by atoms with Crippen LogP contribution in [0.15, 0.2) is 24.4 Å². The highest BCUT2D eigenvalue weighted by molar-refractivity contribution is 5.63. The predicted octanol–water partition coefficient (Wildman–Crippen LogP) is 1.43. The Bertz CT molecular complexity index is 944. The number of hydrogen-bond donors (Lipinski definition) is 2. The second-order valence-electron chi connectivity index (χ2n) is 4.97. The van der Waals surface area contributed by atoms with Crippen LogP contribution in [0.4, 0.5) is 17.5 Å². The summed E-state index contributed by atoms with van der Waals surface area (Å²) in [7, 11) is 3.27. The standard InChI is InChI=1S/C15H15N9O/c1-9-21-22-23-24(9)12-6-11(4-5-13(12)25-3)19-15-18-8-10(7-16)14(17-2)20-15/h4-6,8H,1-3H3,(H2,17,18,19,20). The number of nitriles is 1. The quantitative estimate of drug-likeness (QED) is 0.710. The maximum atomic E-state index is 9.03. The molecule has 0 aliphatic rings. The summed E-state index contributed by atoms with van der Waals surface area (Å²) < 4.78 is 6.95. The summed E-state index contributed by atoms with van der Waals surface area (Å²) >= 11 is 0. The normalized spacial score (nSPS) is 10.2. The average molecular weight is 337 g/mol. The summed E-state index contributed by atoms with van der Waals surface area (Å²) in [6, 6.07) is 7.47. The van der Waals surface area contributed by atoms with E-state index in [4.69, 9.17) is 10.00 Å². The highest BCUT2D eigenvalue weighted by Gasteiger charge is 2.12. The average Bonchev–Trinajstić information content (AvgIpc) is 3.07. The van der Waals surface area contributed by atoms with Crippen molar-refractivity contribution in [3.8, 4) is 17.5 Å². The van der Waals surface area contributed by atoms with E-state index in [1.807, 2.05) is 18.2 Å². The van der Waals surface area contributed by atoms with Crippen LogP contribution in [0.1, 0.15) is 11.4 Å². The van der Waals surface area contributed by atoms with Gasteiger partial charge in [0, 0.05) is 12.7 Å². The number of aromatic nitrogens is 6. The van der Waals surface area contributed by atoms with Crippen LogP contribution in [0.5, 0.6) is 5.75 Å². The van der Waals surface area contributed by atoms with Gasteiger partial charge in [-0.1, -0.05) is 0 Å². The molecule has 2 aromatic heterocycles. The molecular weight excluding hydrogens is 322 g/mol. The molecule has 25 heavy (non-hydrogen) atoms. The topological polar surface area (TPSA) is 126 Å². The van der Waals surface area contributed by atoms with Crippen molar-refractivity contribution in [2.45, 2.75) is 6.92 Å². The van der Waals surface area contributed by atoms with Crippen molar-refractivity contribution >= 4 is 17.5 Å². The zero-order valence-electron chi connectivity index (χ0n) is 13.8. The number of ether oxygens (including phenoxy) is 1. The molecule has 3 rings (SSSR count). The van der Waals surface area contributed by atoms with Gasteiger partial charge in [0.15, 0.2) is 5.82 Å². The second-order valence-corrected chi connectivity index (χ2v) is 4.97. The zero-order valence-corrected chi connectivity index (χ0v) is 13.8. The summed E-state index contributed by atoms with van der Waals surface area (Å²) in [6.07, 6.45) is 1.46. The number of tetrazole rings is 1. The lowest BCUT2D eigenvalue weighted by Crippen LogP contribution is -2.05. The molecular formula is C15H15N9O. The Morgan fingerprint density at radius 3 is 2.80 bits per heavy atom. The van der Waals surface area contributed by atoms with Gasteiger partial charge in [-0.3, -0.25) is 0 Å². The van der Waals surface area contributed by atoms with Crippen LogP contribution in [-0.4, -0.2) is 44.3 Å². The van der Waals surface area contributed by atoms with E-state index in [2.05, 4.69) is 36.1 Å². The highest BCUT2D eigenvalue weighted by atomic mass is 16.5. The Morgan fingerprint density at radius 1 is 1.32 bits per heavy atom. The van der Waals surface area contributed by atoms with Gasteiger partial charge in [-0.25, -0.2) is 4.98 Å². The van der Waals surface area contributed by atoms with Crippen LogP contribution in [0, 0.1) is 18.3 Å². The second kappa shape index (κ2) is 6.79. The molecule has 2 heterocycles. The van der Waals surface area contributed by atoms with Crippen LogP contribution in [-0.2, 0) is 0 Å². The molecule has 0 amide bonds. The first-order valence-electron chi connectivity index (χ1n) is 7.31. The highest BCUT2D eigenvalue weighted by Crippen LogP contribution is 2.27. The summed E-state index contributed by atoms with van der Waals surface area (Å²) in [4.78, 5) is 8.42. The molecule has 3 aromatic rings. The lowest BCUT2D eigenvalue weighted by atomic mass is 10.2. The van der Waals surface area contributed by atoms with E-state index in [0.29, 0.717) is 34.6 Å². The smallest absolute Gasteiger partial charge is 0.229 e. The monoisotopic (exact) mass is 337 g/mol. The third-order valence-corrected chi connectivity index (χ3v) is 3.43. The molecule has 0 saturated carbocycles. The van der Waals surface area contributed by atoms with Crippen LogP contribution in [0.25, 0.3) is 5.69 Å². The minimum Gasteiger partial charge on any atom is -0.494 e. The van der Waals surface area contributed by atoms with Crippen molar-refractivity contribution in [1.29, 1.82) is 5.26 Å². The maximum absolute atomic E-state index is 9.03. The minimum atomic E-state index is 0.355. The van der Waals surface area contributed by atoms with E-state index in [9.17, 15) is 0 Å². The van der Waals surface area contributed by atoms with Crippen LogP contribution in [0.2, 0.25) is 0 Å². The van der Waals surface area contributed by atoms with E-state index < -0.39 is 0 Å². The predicted molar refractivity (Wildman–Crippen MR) is 90.0 cm³/mol. The number of aryl methyl sites for hydroxylation is 1. The molecule has 10 heteroatoms. The fourth-order valence-electron chi connectivity index (χ4n) is 2.23. The van der Waals surface area contributed by atoms with Gasteiger partial charge < -0.3 is 15.4 Å². The fraction of sp³-hybridized carbons (Fsp3) is 0.200. The summed E-state index contributed by atoms with van der Waals surface area (Å²) in [6.45, 7) is 1.79. The van der Waals surface area contributed by atoms with E-state index in [0.717, 1.165) is 5.69 Å². The van der Waals surface area contributed by atoms with E-state index in [-0.39, 0.29) is 0 Å². The maximum Gasteiger partial charge on any atom is 0.229 e. The largest absolute Gasteiger partial charge is 0.494 e. The van der Waals surface area contributed by atoms with E-state index in [1.54, 1.807) is 31.8 Å². The number of nitrogens with zero attached hydrogens (tertiary/aromatic N) is 7. The molecule has 1 aromatic carbocycles. The van der Waals surface area contributed by atoms with Crippen LogP contribution < -0.4 is 15.4 Å². The van der Waals surface area contributed by atoms with Crippen molar-refractivity contribution < 1.29 is 4.74 Å². The Hall–Kier alpha value is -3.74. The molecule has 0 fully saturated rings. The molecule has 0 radical (unpaired) electrons. The molecule has 0 saturated heterocycles. The zero-order chi connectivity index (χ0) is 17.8. The number of nitrogens with one attached hydrogen (secondary N) is 2. The van der Waals surface area contributed by atoms with Gasteiger partial charge in [0.1, 0.15) is 28.9 Å². The fourth-order valence-corrected chi connectivity index (χ4v) is 2.23. The van der Waals surface area contributed by atoms with Crippen LogP contribution >= 0.6 is 0 Å². The summed E-state index contributed by atoms with van der Waals surface area (Å²) in [5.74, 6) is 2.05. The Morgan fingerprint density at radius 2 is 2.16 bits per heavy atom. The molecule has 0 spiro atoms. The summed E-state index contributed by atoms with van der Waals surface area (Å²) in [5.41, 5.74) is 1.77. The summed E-state index contributed by atoms with van der Waals surface area (Å²) in [5, 5.41) is 26.5. The van der Waals surface area contributed by atoms with Crippen molar-refractivity contribution in [3.63, 3.8) is 0 Å². The molecule has 10 nitrogen and oxygen atoms in total. The number of benzene rings is 1. The number of methoxy groups -OCH3 is 1. The molecule has 0 bridgehead atoms. The Balaban J connectivity index is 1.97. The Kier molecular flexibility index (Phi) is 4.38. The van der Waals surface area contributed by atoms with Crippen molar-refractivity contribution in [2.75, 3.05) is 24.8 Å². The van der Waals surface area contributed by atoms with Crippen molar-refractivity contribution in [2.24, 2.45) is 0 Å². The first kappa shape index (κ1) is 16.1. The van der Waals surface area contributed by atoms with Gasteiger partial charge in [0.05, 0.1) is 13.3 Å². The van der Waals surface area contributed by atoms with E-state index in [1.165, 1.54) is 6.20 Å².